The Kier molecular flexibility index (Phi) is 6.32. The molecule has 0 bridgehead atoms. The van der Waals surface area contributed by atoms with E-state index in [0.717, 1.165) is 11.1 Å². The summed E-state index contributed by atoms with van der Waals surface area (Å²) < 4.78 is 0. The van der Waals surface area contributed by atoms with Gasteiger partial charge >= 0.3 is 5.97 Å². The number of rotatable bonds is 8. The second-order valence-electron chi connectivity index (χ2n) is 5.63. The van der Waals surface area contributed by atoms with Gasteiger partial charge in [0.15, 0.2) is 0 Å². The third-order valence-corrected chi connectivity index (χ3v) is 3.89. The summed E-state index contributed by atoms with van der Waals surface area (Å²) in [4.78, 5) is 13.5. The minimum Gasteiger partial charge on any atom is -0.480 e. The van der Waals surface area contributed by atoms with E-state index in [1.807, 2.05) is 65.6 Å². The molecule has 0 spiro atoms. The van der Waals surface area contributed by atoms with Gasteiger partial charge in [-0.3, -0.25) is 9.69 Å². The van der Waals surface area contributed by atoms with E-state index < -0.39 is 18.1 Å². The molecule has 4 nitrogen and oxygen atoms in total. The number of carbonyl (C=O) groups is 1. The summed E-state index contributed by atoms with van der Waals surface area (Å²) in [6, 6.07) is 18.5. The first-order valence-electron chi connectivity index (χ1n) is 7.84. The molecule has 0 unspecified atom stereocenters. The molecular formula is C19H23NO3. The number of hydrogen-bond donors (Lipinski definition) is 2. The Balaban J connectivity index is 2.27. The van der Waals surface area contributed by atoms with E-state index in [2.05, 4.69) is 0 Å². The van der Waals surface area contributed by atoms with Crippen LogP contribution in [0.15, 0.2) is 60.7 Å². The molecule has 23 heavy (non-hydrogen) atoms. The molecule has 2 aromatic carbocycles. The maximum absolute atomic E-state index is 11.7. The average molecular weight is 313 g/mol. The quantitative estimate of drug-likeness (QED) is 0.786. The van der Waals surface area contributed by atoms with Crippen LogP contribution in [0.25, 0.3) is 0 Å². The first-order chi connectivity index (χ1) is 11.1. The molecule has 0 aliphatic rings. The highest BCUT2D eigenvalue weighted by Gasteiger charge is 2.31. The molecule has 0 saturated heterocycles. The van der Waals surface area contributed by atoms with Gasteiger partial charge in [-0.05, 0) is 17.5 Å². The van der Waals surface area contributed by atoms with Crippen molar-refractivity contribution < 1.29 is 15.0 Å². The zero-order chi connectivity index (χ0) is 16.7. The molecule has 0 amide bonds. The number of carboxylic acids is 1. The molecule has 4 heteroatoms. The van der Waals surface area contributed by atoms with Crippen LogP contribution in [0.3, 0.4) is 0 Å². The highest BCUT2D eigenvalue weighted by molar-refractivity contribution is 5.74. The second-order valence-corrected chi connectivity index (χ2v) is 5.63. The smallest absolute Gasteiger partial charge is 0.323 e. The van der Waals surface area contributed by atoms with Crippen molar-refractivity contribution in [3.8, 4) is 0 Å². The van der Waals surface area contributed by atoms with Crippen LogP contribution in [0.4, 0.5) is 0 Å². The number of aliphatic carboxylic acids is 1. The number of aliphatic hydroxyl groups excluding tert-OH is 1. The molecule has 2 aromatic rings. The Labute approximate surface area is 137 Å². The van der Waals surface area contributed by atoms with Gasteiger partial charge in [-0.15, -0.1) is 0 Å². The molecule has 0 saturated carbocycles. The number of aliphatic hydroxyl groups is 1. The zero-order valence-corrected chi connectivity index (χ0v) is 13.3. The lowest BCUT2D eigenvalue weighted by atomic mass is 10.0. The number of nitrogens with zero attached hydrogens (tertiary/aromatic N) is 1. The third kappa shape index (κ3) is 4.91. The van der Waals surface area contributed by atoms with Gasteiger partial charge in [0, 0.05) is 13.1 Å². The van der Waals surface area contributed by atoms with Crippen molar-refractivity contribution in [3.63, 3.8) is 0 Å². The summed E-state index contributed by atoms with van der Waals surface area (Å²) in [7, 11) is 0. The number of carboxylic acid groups (broad SMARTS) is 1. The molecule has 2 atom stereocenters. The maximum atomic E-state index is 11.7. The molecule has 0 fully saturated rings. The molecule has 0 heterocycles. The molecule has 2 rings (SSSR count). The van der Waals surface area contributed by atoms with Crippen molar-refractivity contribution in [2.75, 3.05) is 0 Å². The lowest BCUT2D eigenvalue weighted by Crippen LogP contribution is -2.48. The van der Waals surface area contributed by atoms with Crippen molar-refractivity contribution in [3.05, 3.63) is 71.8 Å². The molecule has 2 N–H and O–H groups in total. The highest BCUT2D eigenvalue weighted by Crippen LogP contribution is 2.17. The van der Waals surface area contributed by atoms with Crippen LogP contribution in [0.2, 0.25) is 0 Å². The summed E-state index contributed by atoms with van der Waals surface area (Å²) in [5, 5.41) is 19.8. The fraction of sp³-hybridized carbons (Fsp3) is 0.316. The van der Waals surface area contributed by atoms with E-state index in [0.29, 0.717) is 19.5 Å². The van der Waals surface area contributed by atoms with Crippen molar-refractivity contribution in [2.24, 2.45) is 0 Å². The van der Waals surface area contributed by atoms with E-state index in [1.165, 1.54) is 0 Å². The highest BCUT2D eigenvalue weighted by atomic mass is 16.4. The monoisotopic (exact) mass is 313 g/mol. The number of benzene rings is 2. The number of hydrogen-bond acceptors (Lipinski definition) is 3. The van der Waals surface area contributed by atoms with E-state index in [-0.39, 0.29) is 0 Å². The standard InChI is InChI=1S/C19H23NO3/c1-2-17(21)18(19(22)23)20(13-15-9-5-3-6-10-15)14-16-11-7-4-8-12-16/h3-12,17-18,21H,2,13-14H2,1H3,(H,22,23)/t17-,18+/m1/s1. The van der Waals surface area contributed by atoms with Crippen molar-refractivity contribution >= 4 is 5.97 Å². The van der Waals surface area contributed by atoms with Gasteiger partial charge in [-0.2, -0.15) is 0 Å². The van der Waals surface area contributed by atoms with Crippen LogP contribution >= 0.6 is 0 Å². The summed E-state index contributed by atoms with van der Waals surface area (Å²) in [5.74, 6) is -0.994. The topological polar surface area (TPSA) is 60.8 Å². The Bertz CT molecular complexity index is 559. The average Bonchev–Trinajstić information content (AvgIpc) is 2.56. The molecule has 0 aromatic heterocycles. The summed E-state index contributed by atoms with van der Waals surface area (Å²) in [6.45, 7) is 2.75. The van der Waals surface area contributed by atoms with Crippen molar-refractivity contribution in [2.45, 2.75) is 38.6 Å². The summed E-state index contributed by atoms with van der Waals surface area (Å²) in [6.07, 6.45) is -0.503. The normalized spacial score (nSPS) is 13.7. The van der Waals surface area contributed by atoms with Gasteiger partial charge in [0.05, 0.1) is 6.10 Å². The Hall–Kier alpha value is -2.17. The van der Waals surface area contributed by atoms with Gasteiger partial charge in [-0.1, -0.05) is 67.6 Å². The van der Waals surface area contributed by atoms with Crippen LogP contribution in [0.5, 0.6) is 0 Å². The van der Waals surface area contributed by atoms with Crippen molar-refractivity contribution in [1.82, 2.24) is 4.90 Å². The van der Waals surface area contributed by atoms with Crippen LogP contribution in [-0.2, 0) is 17.9 Å². The lowest BCUT2D eigenvalue weighted by Gasteiger charge is -2.31. The van der Waals surface area contributed by atoms with Gasteiger partial charge < -0.3 is 10.2 Å². The summed E-state index contributed by atoms with van der Waals surface area (Å²) >= 11 is 0. The molecular weight excluding hydrogens is 290 g/mol. The molecule has 122 valence electrons. The van der Waals surface area contributed by atoms with Crippen LogP contribution in [-0.4, -0.2) is 33.2 Å². The lowest BCUT2D eigenvalue weighted by molar-refractivity contribution is -0.148. The Morgan fingerprint density at radius 2 is 1.39 bits per heavy atom. The van der Waals surface area contributed by atoms with Gasteiger partial charge in [-0.25, -0.2) is 0 Å². The van der Waals surface area contributed by atoms with E-state index >= 15 is 0 Å². The first kappa shape index (κ1) is 17.2. The second kappa shape index (κ2) is 8.46. The maximum Gasteiger partial charge on any atom is 0.323 e. The SMILES string of the molecule is CC[C@@H](O)[C@@H](C(=O)O)N(Cc1ccccc1)Cc1ccccc1. The van der Waals surface area contributed by atoms with Crippen molar-refractivity contribution in [1.29, 1.82) is 0 Å². The van der Waals surface area contributed by atoms with Gasteiger partial charge in [0.25, 0.3) is 0 Å². The predicted octanol–water partition coefficient (Wildman–Crippen LogP) is 2.91. The molecule has 0 aliphatic carbocycles. The minimum atomic E-state index is -0.994. The van der Waals surface area contributed by atoms with E-state index in [9.17, 15) is 15.0 Å². The largest absolute Gasteiger partial charge is 0.480 e. The Morgan fingerprint density at radius 3 is 1.74 bits per heavy atom. The minimum absolute atomic E-state index is 0.400. The van der Waals surface area contributed by atoms with Gasteiger partial charge in [0.1, 0.15) is 6.04 Å². The fourth-order valence-corrected chi connectivity index (χ4v) is 2.68. The predicted molar refractivity (Wildman–Crippen MR) is 89.9 cm³/mol. The van der Waals surface area contributed by atoms with Crippen LogP contribution < -0.4 is 0 Å². The molecule has 0 aliphatic heterocycles. The summed E-state index contributed by atoms with van der Waals surface area (Å²) in [5.41, 5.74) is 2.05. The first-order valence-corrected chi connectivity index (χ1v) is 7.84. The van der Waals surface area contributed by atoms with Crippen LogP contribution in [0.1, 0.15) is 24.5 Å². The van der Waals surface area contributed by atoms with Crippen LogP contribution in [0, 0.1) is 0 Å². The fourth-order valence-electron chi connectivity index (χ4n) is 2.68. The third-order valence-electron chi connectivity index (χ3n) is 3.89. The zero-order valence-electron chi connectivity index (χ0n) is 13.3. The van der Waals surface area contributed by atoms with E-state index in [1.54, 1.807) is 6.92 Å². The Morgan fingerprint density at radius 1 is 0.957 bits per heavy atom. The van der Waals surface area contributed by atoms with E-state index in [4.69, 9.17) is 0 Å². The molecule has 0 radical (unpaired) electrons. The van der Waals surface area contributed by atoms with Gasteiger partial charge in [0.2, 0.25) is 0 Å².